The van der Waals surface area contributed by atoms with Gasteiger partial charge in [-0.05, 0) is 48.0 Å². The van der Waals surface area contributed by atoms with Gasteiger partial charge in [-0.25, -0.2) is 9.50 Å². The van der Waals surface area contributed by atoms with Crippen molar-refractivity contribution in [2.75, 3.05) is 39.8 Å². The van der Waals surface area contributed by atoms with Gasteiger partial charge in [0.15, 0.2) is 5.65 Å². The Hall–Kier alpha value is -4.46. The average molecular weight is 564 g/mol. The summed E-state index contributed by atoms with van der Waals surface area (Å²) >= 11 is 6.10. The van der Waals surface area contributed by atoms with Gasteiger partial charge in [0, 0.05) is 54.9 Å². The molecule has 0 radical (unpaired) electrons. The van der Waals surface area contributed by atoms with E-state index in [1.165, 1.54) is 5.56 Å². The van der Waals surface area contributed by atoms with Crippen LogP contribution in [0.4, 0.5) is 0 Å². The summed E-state index contributed by atoms with van der Waals surface area (Å²) in [6.07, 6.45) is 4.32. The first-order valence-corrected chi connectivity index (χ1v) is 14.0. The maximum absolute atomic E-state index is 14.0. The Morgan fingerprint density at radius 2 is 1.56 bits per heavy atom. The minimum Gasteiger partial charge on any atom is -0.497 e. The molecule has 5 aromatic rings. The molecule has 8 heteroatoms. The van der Waals surface area contributed by atoms with Crippen molar-refractivity contribution < 1.29 is 9.53 Å². The van der Waals surface area contributed by atoms with E-state index >= 15 is 0 Å². The maximum atomic E-state index is 14.0. The summed E-state index contributed by atoms with van der Waals surface area (Å²) in [4.78, 5) is 23.1. The second kappa shape index (κ2) is 12.0. The van der Waals surface area contributed by atoms with Crippen molar-refractivity contribution in [2.45, 2.75) is 0 Å². The average Bonchev–Trinajstić information content (AvgIpc) is 3.46. The van der Waals surface area contributed by atoms with Crippen molar-refractivity contribution >= 4 is 29.2 Å². The molecule has 1 amide bonds. The van der Waals surface area contributed by atoms with Crippen LogP contribution >= 0.6 is 11.6 Å². The van der Waals surface area contributed by atoms with E-state index in [4.69, 9.17) is 26.4 Å². The van der Waals surface area contributed by atoms with Gasteiger partial charge in [-0.3, -0.25) is 9.69 Å². The molecule has 1 aliphatic heterocycles. The molecule has 1 aliphatic rings. The SMILES string of the molecule is COc1ccc(-c2cc(C(=O)N3CCN(C/C=C/c4ccccc4)CC3)n3nc(-c4ccc(Cl)cc4)cc3n2)cc1. The van der Waals surface area contributed by atoms with Crippen molar-refractivity contribution in [1.82, 2.24) is 24.4 Å². The van der Waals surface area contributed by atoms with Crippen molar-refractivity contribution in [3.63, 3.8) is 0 Å². The fourth-order valence-electron chi connectivity index (χ4n) is 5.00. The molecule has 0 saturated carbocycles. The highest BCUT2D eigenvalue weighted by Gasteiger charge is 2.25. The van der Waals surface area contributed by atoms with Crippen LogP contribution in [0.3, 0.4) is 0 Å². The van der Waals surface area contributed by atoms with Crippen LogP contribution in [-0.4, -0.2) is 70.1 Å². The molecule has 206 valence electrons. The zero-order valence-corrected chi connectivity index (χ0v) is 23.5. The minimum absolute atomic E-state index is 0.0580. The van der Waals surface area contributed by atoms with Crippen molar-refractivity contribution in [3.8, 4) is 28.3 Å². The Morgan fingerprint density at radius 1 is 0.878 bits per heavy atom. The highest BCUT2D eigenvalue weighted by atomic mass is 35.5. The smallest absolute Gasteiger partial charge is 0.272 e. The number of halogens is 1. The van der Waals surface area contributed by atoms with Crippen LogP contribution in [0.2, 0.25) is 5.02 Å². The summed E-state index contributed by atoms with van der Waals surface area (Å²) in [6, 6.07) is 29.2. The number of carbonyl (C=O) groups is 1. The van der Waals surface area contributed by atoms with Crippen LogP contribution in [0, 0.1) is 0 Å². The molecule has 0 bridgehead atoms. The van der Waals surface area contributed by atoms with Gasteiger partial charge in [-0.1, -0.05) is 66.2 Å². The predicted molar refractivity (Wildman–Crippen MR) is 163 cm³/mol. The van der Waals surface area contributed by atoms with E-state index in [1.807, 2.05) is 83.8 Å². The van der Waals surface area contributed by atoms with Crippen LogP contribution < -0.4 is 4.74 Å². The van der Waals surface area contributed by atoms with E-state index in [-0.39, 0.29) is 5.91 Å². The molecule has 1 saturated heterocycles. The summed E-state index contributed by atoms with van der Waals surface area (Å²) < 4.78 is 6.98. The van der Waals surface area contributed by atoms with Gasteiger partial charge in [0.25, 0.3) is 5.91 Å². The van der Waals surface area contributed by atoms with Crippen LogP contribution in [0.15, 0.2) is 97.1 Å². The van der Waals surface area contributed by atoms with Gasteiger partial charge >= 0.3 is 0 Å². The molecule has 0 N–H and O–H groups in total. The topological polar surface area (TPSA) is 63.0 Å². The predicted octanol–water partition coefficient (Wildman–Crippen LogP) is 6.20. The lowest BCUT2D eigenvalue weighted by Crippen LogP contribution is -2.49. The van der Waals surface area contributed by atoms with Gasteiger partial charge < -0.3 is 9.64 Å². The summed E-state index contributed by atoms with van der Waals surface area (Å²) in [5.41, 5.74) is 5.51. The Labute approximate surface area is 244 Å². The fourth-order valence-corrected chi connectivity index (χ4v) is 5.12. The monoisotopic (exact) mass is 563 g/mol. The van der Waals surface area contributed by atoms with Gasteiger partial charge in [-0.15, -0.1) is 0 Å². The van der Waals surface area contributed by atoms with E-state index in [2.05, 4.69) is 29.2 Å². The number of fused-ring (bicyclic) bond motifs is 1. The number of piperazine rings is 1. The van der Waals surface area contributed by atoms with Crippen molar-refractivity contribution in [3.05, 3.63) is 113 Å². The first kappa shape index (κ1) is 26.7. The quantitative estimate of drug-likeness (QED) is 0.236. The fraction of sp³-hybridized carbons (Fsp3) is 0.182. The molecule has 6 rings (SSSR count). The van der Waals surface area contributed by atoms with Crippen LogP contribution in [-0.2, 0) is 0 Å². The van der Waals surface area contributed by atoms with E-state index < -0.39 is 0 Å². The van der Waals surface area contributed by atoms with Gasteiger partial charge in [0.05, 0.1) is 18.5 Å². The first-order chi connectivity index (χ1) is 20.1. The van der Waals surface area contributed by atoms with Crippen molar-refractivity contribution in [1.29, 1.82) is 0 Å². The number of ether oxygens (including phenoxy) is 1. The molecule has 2 aromatic heterocycles. The molecular formula is C33H30ClN5O2. The summed E-state index contributed by atoms with van der Waals surface area (Å²) in [7, 11) is 1.64. The van der Waals surface area contributed by atoms with Gasteiger partial charge in [-0.2, -0.15) is 5.10 Å². The number of rotatable bonds is 7. The maximum Gasteiger partial charge on any atom is 0.272 e. The second-order valence-electron chi connectivity index (χ2n) is 9.97. The van der Waals surface area contributed by atoms with E-state index in [0.717, 1.165) is 42.2 Å². The number of nitrogens with zero attached hydrogens (tertiary/aromatic N) is 5. The third kappa shape index (κ3) is 6.01. The Morgan fingerprint density at radius 3 is 2.27 bits per heavy atom. The van der Waals surface area contributed by atoms with Crippen LogP contribution in [0.5, 0.6) is 5.75 Å². The molecule has 0 spiro atoms. The Kier molecular flexibility index (Phi) is 7.80. The molecule has 3 aromatic carbocycles. The number of hydrogen-bond donors (Lipinski definition) is 0. The summed E-state index contributed by atoms with van der Waals surface area (Å²) in [5.74, 6) is 0.703. The van der Waals surface area contributed by atoms with E-state index in [0.29, 0.717) is 35.1 Å². The van der Waals surface area contributed by atoms with Gasteiger partial charge in [0.2, 0.25) is 0 Å². The van der Waals surface area contributed by atoms with Crippen LogP contribution in [0.25, 0.3) is 34.2 Å². The Bertz CT molecular complexity index is 1670. The highest BCUT2D eigenvalue weighted by Crippen LogP contribution is 2.27. The zero-order chi connectivity index (χ0) is 28.2. The number of amides is 1. The van der Waals surface area contributed by atoms with E-state index in [9.17, 15) is 4.79 Å². The van der Waals surface area contributed by atoms with E-state index in [1.54, 1.807) is 11.6 Å². The molecular weight excluding hydrogens is 534 g/mol. The summed E-state index contributed by atoms with van der Waals surface area (Å²) in [6.45, 7) is 3.75. The number of benzene rings is 3. The second-order valence-corrected chi connectivity index (χ2v) is 10.4. The number of carbonyl (C=O) groups excluding carboxylic acids is 1. The molecule has 0 unspecified atom stereocenters. The molecule has 1 fully saturated rings. The number of hydrogen-bond acceptors (Lipinski definition) is 5. The molecule has 0 aliphatic carbocycles. The normalized spacial score (nSPS) is 14.1. The molecule has 7 nitrogen and oxygen atoms in total. The lowest BCUT2D eigenvalue weighted by molar-refractivity contribution is 0.0641. The first-order valence-electron chi connectivity index (χ1n) is 13.6. The van der Waals surface area contributed by atoms with Crippen LogP contribution in [0.1, 0.15) is 16.1 Å². The Balaban J connectivity index is 1.26. The lowest BCUT2D eigenvalue weighted by Gasteiger charge is -2.34. The minimum atomic E-state index is -0.0580. The molecule has 0 atom stereocenters. The third-order valence-electron chi connectivity index (χ3n) is 7.31. The lowest BCUT2D eigenvalue weighted by atomic mass is 10.1. The largest absolute Gasteiger partial charge is 0.497 e. The van der Waals surface area contributed by atoms with Gasteiger partial charge in [0.1, 0.15) is 11.4 Å². The van der Waals surface area contributed by atoms with Crippen molar-refractivity contribution in [2.24, 2.45) is 0 Å². The summed E-state index contributed by atoms with van der Waals surface area (Å²) in [5, 5.41) is 5.45. The molecule has 3 heterocycles. The molecule has 41 heavy (non-hydrogen) atoms. The zero-order valence-electron chi connectivity index (χ0n) is 22.8. The third-order valence-corrected chi connectivity index (χ3v) is 7.56. The number of aromatic nitrogens is 3. The standard InChI is InChI=1S/C33H30ClN5O2/c1-41-28-15-11-25(12-16-28)29-22-31(39-32(35-29)23-30(36-39)26-9-13-27(34)14-10-26)33(40)38-20-18-37(19-21-38)17-5-8-24-6-3-2-4-7-24/h2-16,22-23H,17-21H2,1H3/b8-5+. The number of methoxy groups -OCH3 is 1. The highest BCUT2D eigenvalue weighted by molar-refractivity contribution is 6.30.